The number of ether oxygens (including phenoxy) is 1. The molecule has 3 nitrogen and oxygen atoms in total. The van der Waals surface area contributed by atoms with Gasteiger partial charge in [0.2, 0.25) is 0 Å². The van der Waals surface area contributed by atoms with Gasteiger partial charge in [-0.05, 0) is 19.3 Å². The molecule has 0 saturated carbocycles. The molecule has 0 aromatic heterocycles. The van der Waals surface area contributed by atoms with Gasteiger partial charge in [-0.1, -0.05) is 6.92 Å². The second kappa shape index (κ2) is 9.88. The number of methoxy groups -OCH3 is 1. The molecule has 70 valence electrons. The van der Waals surface area contributed by atoms with E-state index < -0.39 is 0 Å². The molecule has 0 saturated heterocycles. The fourth-order valence-corrected chi connectivity index (χ4v) is 0.667. The Labute approximate surface area is 70.5 Å². The third kappa shape index (κ3) is 9.88. The van der Waals surface area contributed by atoms with Crippen LogP contribution in [-0.2, 0) is 9.57 Å². The third-order valence-corrected chi connectivity index (χ3v) is 1.30. The van der Waals surface area contributed by atoms with E-state index in [0.29, 0.717) is 0 Å². The van der Waals surface area contributed by atoms with E-state index in [1.807, 2.05) is 0 Å². The monoisotopic (exact) mass is 163 g/mol. The fraction of sp³-hybridized carbons (Fsp3) is 1.00. The largest absolute Gasteiger partial charge is 0.385 e. The number of hydrogen-bond donors (Lipinski definition) is 1. The highest BCUT2D eigenvalue weighted by molar-refractivity contribution is 4.36. The van der Waals surface area contributed by atoms with E-state index >= 15 is 0 Å². The first kappa shape index (κ1) is 10.9. The molecule has 0 aliphatic rings. The maximum atomic E-state index is 5.12. The van der Waals surface area contributed by atoms with Gasteiger partial charge in [-0.15, -0.1) is 0 Å². The molecule has 0 aromatic carbocycles. The van der Waals surface area contributed by atoms with Gasteiger partial charge in [-0.25, -0.2) is 5.48 Å². The van der Waals surface area contributed by atoms with Crippen LogP contribution in [0.25, 0.3) is 0 Å². The molecule has 1 N–H and O–H groups in total. The van der Waals surface area contributed by atoms with Crippen molar-refractivity contribution in [1.82, 2.24) is 5.48 Å². The molecular weight excluding hydrogens is 142 g/mol. The van der Waals surface area contributed by atoms with Crippen LogP contribution in [0.1, 0.15) is 27.6 Å². The summed E-state index contributed by atoms with van der Waals surface area (Å²) < 4.78 is 4.89. The molecule has 0 bridgehead atoms. The molecule has 0 fully saturated rings. The molecular formula is C8H21NO2. The molecule has 0 rings (SSSR count). The van der Waals surface area contributed by atoms with Crippen molar-refractivity contribution in [3.63, 3.8) is 0 Å². The van der Waals surface area contributed by atoms with E-state index in [-0.39, 0.29) is 1.43 Å². The van der Waals surface area contributed by atoms with Gasteiger partial charge < -0.3 is 9.57 Å². The average Bonchev–Trinajstić information content (AvgIpc) is 2.03. The summed E-state index contributed by atoms with van der Waals surface area (Å²) in [5.41, 5.74) is 2.87. The van der Waals surface area contributed by atoms with Gasteiger partial charge in [0.05, 0.1) is 6.61 Å². The molecule has 0 aromatic rings. The van der Waals surface area contributed by atoms with Crippen molar-refractivity contribution < 1.29 is 11.0 Å². The van der Waals surface area contributed by atoms with Crippen molar-refractivity contribution in [1.29, 1.82) is 0 Å². The normalized spacial score (nSPS) is 10.4. The number of unbranched alkanes of at least 4 members (excludes halogenated alkanes) is 1. The smallest absolute Gasteiger partial charge is 0.0683 e. The van der Waals surface area contributed by atoms with Crippen molar-refractivity contribution in [3.8, 4) is 0 Å². The first-order chi connectivity index (χ1) is 5.41. The lowest BCUT2D eigenvalue weighted by Gasteiger charge is -2.03. The summed E-state index contributed by atoms with van der Waals surface area (Å²) >= 11 is 0. The molecule has 3 heteroatoms. The third-order valence-electron chi connectivity index (χ3n) is 1.30. The van der Waals surface area contributed by atoms with Crippen molar-refractivity contribution >= 4 is 0 Å². The Balaban J connectivity index is 0. The van der Waals surface area contributed by atoms with Crippen molar-refractivity contribution in [3.05, 3.63) is 0 Å². The Morgan fingerprint density at radius 3 is 2.64 bits per heavy atom. The zero-order valence-electron chi connectivity index (χ0n) is 7.56. The van der Waals surface area contributed by atoms with Gasteiger partial charge in [0.15, 0.2) is 0 Å². The van der Waals surface area contributed by atoms with Crippen LogP contribution in [0.5, 0.6) is 0 Å². The maximum Gasteiger partial charge on any atom is 0.0683 e. The molecule has 0 radical (unpaired) electrons. The van der Waals surface area contributed by atoms with Gasteiger partial charge in [-0.3, -0.25) is 0 Å². The van der Waals surface area contributed by atoms with Crippen LogP contribution in [0.4, 0.5) is 0 Å². The minimum atomic E-state index is 0. The van der Waals surface area contributed by atoms with E-state index in [1.54, 1.807) is 7.11 Å². The molecule has 0 aliphatic heterocycles. The summed E-state index contributed by atoms with van der Waals surface area (Å²) in [6.07, 6.45) is 3.24. The Hall–Kier alpha value is -0.120. The number of hydroxylamine groups is 1. The van der Waals surface area contributed by atoms with Gasteiger partial charge in [0.1, 0.15) is 0 Å². The summed E-state index contributed by atoms with van der Waals surface area (Å²) in [5, 5.41) is 0. The summed E-state index contributed by atoms with van der Waals surface area (Å²) in [5.74, 6) is 0. The first-order valence-corrected chi connectivity index (χ1v) is 4.25. The molecule has 11 heavy (non-hydrogen) atoms. The Kier molecular flexibility index (Phi) is 9.77. The summed E-state index contributed by atoms with van der Waals surface area (Å²) in [6.45, 7) is 4.66. The van der Waals surface area contributed by atoms with Crippen LogP contribution >= 0.6 is 0 Å². The lowest BCUT2D eigenvalue weighted by Crippen LogP contribution is -2.16. The zero-order valence-corrected chi connectivity index (χ0v) is 7.56. The van der Waals surface area contributed by atoms with Crippen molar-refractivity contribution in [2.75, 3.05) is 26.9 Å². The highest BCUT2D eigenvalue weighted by atomic mass is 16.6. The van der Waals surface area contributed by atoms with Crippen LogP contribution in [0.3, 0.4) is 0 Å². The highest BCUT2D eigenvalue weighted by Crippen LogP contribution is 1.88. The molecule has 0 unspecified atom stereocenters. The van der Waals surface area contributed by atoms with Crippen molar-refractivity contribution in [2.24, 2.45) is 0 Å². The van der Waals surface area contributed by atoms with E-state index in [0.717, 1.165) is 39.0 Å². The van der Waals surface area contributed by atoms with Crippen LogP contribution < -0.4 is 5.48 Å². The second-order valence-electron chi connectivity index (χ2n) is 2.44. The first-order valence-electron chi connectivity index (χ1n) is 4.25. The molecule has 0 heterocycles. The predicted octanol–water partition coefficient (Wildman–Crippen LogP) is 1.59. The SMILES string of the molecule is CCCNOCCCCOC.[HH]. The summed E-state index contributed by atoms with van der Waals surface area (Å²) in [6, 6.07) is 0. The predicted molar refractivity (Wildman–Crippen MR) is 47.5 cm³/mol. The lowest BCUT2D eigenvalue weighted by atomic mass is 10.3. The Bertz CT molecular complexity index is 66.1. The number of nitrogens with one attached hydrogen (secondary N) is 1. The minimum Gasteiger partial charge on any atom is -0.385 e. The van der Waals surface area contributed by atoms with Gasteiger partial charge >= 0.3 is 0 Å². The van der Waals surface area contributed by atoms with Gasteiger partial charge in [0.25, 0.3) is 0 Å². The highest BCUT2D eigenvalue weighted by Gasteiger charge is 1.87. The van der Waals surface area contributed by atoms with Crippen LogP contribution in [-0.4, -0.2) is 26.9 Å². The maximum absolute atomic E-state index is 5.12. The second-order valence-corrected chi connectivity index (χ2v) is 2.44. The topological polar surface area (TPSA) is 30.5 Å². The number of rotatable bonds is 8. The fourth-order valence-electron chi connectivity index (χ4n) is 0.667. The van der Waals surface area contributed by atoms with Gasteiger partial charge in [0, 0.05) is 21.7 Å². The standard InChI is InChI=1S/C8H19NO2.H2/c1-3-6-9-11-8-5-4-7-10-2;/h9H,3-8H2,1-2H3;1H. The van der Waals surface area contributed by atoms with E-state index in [4.69, 9.17) is 9.57 Å². The summed E-state index contributed by atoms with van der Waals surface area (Å²) in [4.78, 5) is 5.12. The molecule has 0 amide bonds. The zero-order chi connectivity index (χ0) is 8.36. The van der Waals surface area contributed by atoms with Crippen LogP contribution in [0.2, 0.25) is 0 Å². The quantitative estimate of drug-likeness (QED) is 0.435. The Morgan fingerprint density at radius 1 is 1.27 bits per heavy atom. The molecule has 0 spiro atoms. The van der Waals surface area contributed by atoms with E-state index in [2.05, 4.69) is 12.4 Å². The minimum absolute atomic E-state index is 0. The lowest BCUT2D eigenvalue weighted by molar-refractivity contribution is 0.0358. The Morgan fingerprint density at radius 2 is 2.00 bits per heavy atom. The van der Waals surface area contributed by atoms with E-state index in [1.165, 1.54) is 0 Å². The average molecular weight is 163 g/mol. The molecule has 0 atom stereocenters. The summed E-state index contributed by atoms with van der Waals surface area (Å²) in [7, 11) is 1.72. The van der Waals surface area contributed by atoms with E-state index in [9.17, 15) is 0 Å². The van der Waals surface area contributed by atoms with Crippen LogP contribution in [0.15, 0.2) is 0 Å². The molecule has 0 aliphatic carbocycles. The van der Waals surface area contributed by atoms with Gasteiger partial charge in [-0.2, -0.15) is 0 Å². The van der Waals surface area contributed by atoms with Crippen LogP contribution in [0, 0.1) is 0 Å². The number of hydrogen-bond acceptors (Lipinski definition) is 3. The van der Waals surface area contributed by atoms with Crippen molar-refractivity contribution in [2.45, 2.75) is 26.2 Å².